The predicted molar refractivity (Wildman–Crippen MR) is 127 cm³/mol. The van der Waals surface area contributed by atoms with Gasteiger partial charge in [0.05, 0.1) is 11.3 Å². The third kappa shape index (κ3) is 4.75. The maximum absolute atomic E-state index is 12.5. The lowest BCUT2D eigenvalue weighted by Gasteiger charge is -2.17. The fourth-order valence-corrected chi connectivity index (χ4v) is 4.22. The van der Waals surface area contributed by atoms with Crippen LogP contribution < -0.4 is 10.6 Å². The molecule has 1 atom stereocenters. The normalized spacial score (nSPS) is 12.9. The minimum atomic E-state index is -1.11. The molecule has 3 N–H and O–H groups in total. The number of fused-ring (bicyclic) bond motifs is 3. The fraction of sp³-hybridized carbons (Fsp3) is 0.160. The first-order valence-electron chi connectivity index (χ1n) is 10.3. The molecule has 0 heterocycles. The molecular weight excluding hydrogens is 488 g/mol. The Bertz CT molecular complexity index is 1200. The highest BCUT2D eigenvalue weighted by atomic mass is 79.9. The van der Waals surface area contributed by atoms with Crippen molar-refractivity contribution in [2.75, 3.05) is 11.9 Å². The molecule has 1 unspecified atom stereocenters. The zero-order valence-corrected chi connectivity index (χ0v) is 19.3. The summed E-state index contributed by atoms with van der Waals surface area (Å²) in [4.78, 5) is 36.1. The number of carboxylic acid groups (broad SMARTS) is 1. The summed E-state index contributed by atoms with van der Waals surface area (Å²) < 4.78 is 5.99. The summed E-state index contributed by atoms with van der Waals surface area (Å²) >= 11 is 3.28. The Labute approximate surface area is 198 Å². The van der Waals surface area contributed by atoms with Gasteiger partial charge in [-0.3, -0.25) is 4.79 Å². The molecule has 2 amide bonds. The maximum Gasteiger partial charge on any atom is 0.407 e. The van der Waals surface area contributed by atoms with E-state index in [0.29, 0.717) is 10.2 Å². The summed E-state index contributed by atoms with van der Waals surface area (Å²) in [6.45, 7) is 1.66. The molecule has 33 heavy (non-hydrogen) atoms. The van der Waals surface area contributed by atoms with Crippen molar-refractivity contribution in [3.8, 4) is 11.1 Å². The van der Waals surface area contributed by atoms with Crippen LogP contribution >= 0.6 is 15.9 Å². The van der Waals surface area contributed by atoms with Gasteiger partial charge in [-0.15, -0.1) is 0 Å². The quantitative estimate of drug-likeness (QED) is 0.433. The van der Waals surface area contributed by atoms with Gasteiger partial charge in [0.2, 0.25) is 5.91 Å². The highest BCUT2D eigenvalue weighted by Crippen LogP contribution is 2.44. The van der Waals surface area contributed by atoms with Gasteiger partial charge in [-0.2, -0.15) is 0 Å². The van der Waals surface area contributed by atoms with E-state index in [1.54, 1.807) is 0 Å². The zero-order chi connectivity index (χ0) is 23.5. The van der Waals surface area contributed by atoms with Crippen LogP contribution in [0.2, 0.25) is 0 Å². The monoisotopic (exact) mass is 508 g/mol. The Balaban J connectivity index is 1.37. The van der Waals surface area contributed by atoms with Crippen LogP contribution in [-0.4, -0.2) is 35.7 Å². The number of aromatic carboxylic acids is 1. The second kappa shape index (κ2) is 9.46. The van der Waals surface area contributed by atoms with Crippen LogP contribution in [0, 0.1) is 0 Å². The lowest BCUT2D eigenvalue weighted by molar-refractivity contribution is -0.117. The summed E-state index contributed by atoms with van der Waals surface area (Å²) in [5.41, 5.74) is 4.78. The van der Waals surface area contributed by atoms with E-state index in [1.807, 2.05) is 36.4 Å². The molecule has 0 saturated carbocycles. The number of halogens is 1. The first-order chi connectivity index (χ1) is 15.8. The average molecular weight is 509 g/mol. The molecule has 168 valence electrons. The highest BCUT2D eigenvalue weighted by molar-refractivity contribution is 9.10. The van der Waals surface area contributed by atoms with Crippen LogP contribution in [-0.2, 0) is 9.53 Å². The molecule has 3 aromatic carbocycles. The maximum atomic E-state index is 12.5. The molecule has 4 rings (SSSR count). The van der Waals surface area contributed by atoms with Gasteiger partial charge in [-0.25, -0.2) is 9.59 Å². The number of benzene rings is 3. The number of carbonyl (C=O) groups excluding carboxylic acids is 2. The molecule has 1 aliphatic rings. The Hall–Kier alpha value is -3.65. The van der Waals surface area contributed by atoms with Gasteiger partial charge < -0.3 is 20.5 Å². The summed E-state index contributed by atoms with van der Waals surface area (Å²) in [6, 6.07) is 19.4. The molecule has 1 aliphatic carbocycles. The minimum Gasteiger partial charge on any atom is -0.478 e. The first-order valence-corrected chi connectivity index (χ1v) is 11.1. The van der Waals surface area contributed by atoms with E-state index in [0.717, 1.165) is 22.3 Å². The summed E-state index contributed by atoms with van der Waals surface area (Å²) in [5.74, 6) is -1.70. The van der Waals surface area contributed by atoms with Crippen LogP contribution in [0.4, 0.5) is 10.5 Å². The summed E-state index contributed by atoms with van der Waals surface area (Å²) in [6.07, 6.45) is -0.710. The van der Waals surface area contributed by atoms with Gasteiger partial charge in [-0.1, -0.05) is 48.5 Å². The molecule has 0 spiro atoms. The van der Waals surface area contributed by atoms with Crippen LogP contribution in [0.1, 0.15) is 34.3 Å². The van der Waals surface area contributed by atoms with Gasteiger partial charge in [0.1, 0.15) is 12.6 Å². The van der Waals surface area contributed by atoms with Crippen molar-refractivity contribution in [3.63, 3.8) is 0 Å². The molecule has 0 radical (unpaired) electrons. The van der Waals surface area contributed by atoms with Crippen molar-refractivity contribution in [2.24, 2.45) is 0 Å². The van der Waals surface area contributed by atoms with Crippen molar-refractivity contribution in [2.45, 2.75) is 18.9 Å². The summed E-state index contributed by atoms with van der Waals surface area (Å²) in [5, 5.41) is 14.3. The minimum absolute atomic E-state index is 0.0330. The molecule has 3 aromatic rings. The van der Waals surface area contributed by atoms with Crippen LogP contribution in [0.15, 0.2) is 71.2 Å². The van der Waals surface area contributed by atoms with E-state index in [-0.39, 0.29) is 18.1 Å². The third-order valence-electron chi connectivity index (χ3n) is 5.54. The van der Waals surface area contributed by atoms with Crippen molar-refractivity contribution >= 4 is 39.6 Å². The fourth-order valence-electron chi connectivity index (χ4n) is 3.88. The largest absolute Gasteiger partial charge is 0.478 e. The number of carbonyl (C=O) groups is 3. The van der Waals surface area contributed by atoms with E-state index in [9.17, 15) is 14.4 Å². The third-order valence-corrected chi connectivity index (χ3v) is 6.23. The molecule has 0 aromatic heterocycles. The van der Waals surface area contributed by atoms with Crippen molar-refractivity contribution in [1.29, 1.82) is 0 Å². The van der Waals surface area contributed by atoms with Crippen molar-refractivity contribution < 1.29 is 24.2 Å². The molecule has 7 nitrogen and oxygen atoms in total. The highest BCUT2D eigenvalue weighted by Gasteiger charge is 2.29. The SMILES string of the molecule is CC(NC(=O)OCC1c2ccccc2-c2ccccc21)C(=O)Nc1cc(C(=O)O)ccc1Br. The molecule has 8 heteroatoms. The molecular formula is C25H21BrN2O5. The van der Waals surface area contributed by atoms with Crippen molar-refractivity contribution in [1.82, 2.24) is 5.32 Å². The number of hydrogen-bond donors (Lipinski definition) is 3. The number of anilines is 1. The van der Waals surface area contributed by atoms with Crippen LogP contribution in [0.5, 0.6) is 0 Å². The number of carboxylic acids is 1. The second-order valence-electron chi connectivity index (χ2n) is 7.68. The Morgan fingerprint density at radius 3 is 2.21 bits per heavy atom. The Morgan fingerprint density at radius 1 is 1.00 bits per heavy atom. The van der Waals surface area contributed by atoms with Gasteiger partial charge in [0.15, 0.2) is 0 Å². The number of rotatable bonds is 6. The molecule has 0 bridgehead atoms. The summed E-state index contributed by atoms with van der Waals surface area (Å²) in [7, 11) is 0. The van der Waals surface area contributed by atoms with E-state index in [1.165, 1.54) is 25.1 Å². The average Bonchev–Trinajstić information content (AvgIpc) is 3.12. The van der Waals surface area contributed by atoms with E-state index in [2.05, 4.69) is 38.7 Å². The standard InChI is InChI=1S/C25H21BrN2O5/c1-14(23(29)28-22-12-15(24(30)31)10-11-21(22)26)27-25(32)33-13-20-18-8-4-2-6-16(18)17-7-3-5-9-19(17)20/h2-12,14,20H,13H2,1H3,(H,27,32)(H,28,29)(H,30,31). The Morgan fingerprint density at radius 2 is 1.61 bits per heavy atom. The van der Waals surface area contributed by atoms with Gasteiger partial charge >= 0.3 is 12.1 Å². The zero-order valence-electron chi connectivity index (χ0n) is 17.7. The number of amides is 2. The number of nitrogens with one attached hydrogen (secondary N) is 2. The number of ether oxygens (including phenoxy) is 1. The van der Waals surface area contributed by atoms with Gasteiger partial charge in [-0.05, 0) is 63.3 Å². The van der Waals surface area contributed by atoms with E-state index in [4.69, 9.17) is 9.84 Å². The molecule has 0 fully saturated rings. The smallest absolute Gasteiger partial charge is 0.407 e. The Kier molecular flexibility index (Phi) is 6.46. The van der Waals surface area contributed by atoms with Crippen LogP contribution in [0.25, 0.3) is 11.1 Å². The second-order valence-corrected chi connectivity index (χ2v) is 8.53. The predicted octanol–water partition coefficient (Wildman–Crippen LogP) is 5.01. The number of hydrogen-bond acceptors (Lipinski definition) is 4. The van der Waals surface area contributed by atoms with Gasteiger partial charge in [0.25, 0.3) is 0 Å². The molecule has 0 saturated heterocycles. The lowest BCUT2D eigenvalue weighted by Crippen LogP contribution is -2.42. The van der Waals surface area contributed by atoms with Gasteiger partial charge in [0, 0.05) is 10.4 Å². The first kappa shape index (κ1) is 22.5. The van der Waals surface area contributed by atoms with E-state index >= 15 is 0 Å². The van der Waals surface area contributed by atoms with Crippen molar-refractivity contribution in [3.05, 3.63) is 87.9 Å². The van der Waals surface area contributed by atoms with Crippen LogP contribution in [0.3, 0.4) is 0 Å². The molecule has 0 aliphatic heterocycles. The number of alkyl carbamates (subject to hydrolysis) is 1. The lowest BCUT2D eigenvalue weighted by atomic mass is 9.98. The van der Waals surface area contributed by atoms with E-state index < -0.39 is 24.0 Å². The topological polar surface area (TPSA) is 105 Å².